The van der Waals surface area contributed by atoms with Gasteiger partial charge in [-0.25, -0.2) is 4.79 Å². The summed E-state index contributed by atoms with van der Waals surface area (Å²) in [7, 11) is 0. The van der Waals surface area contributed by atoms with E-state index >= 15 is 0 Å². The van der Waals surface area contributed by atoms with Crippen LogP contribution in [0.2, 0.25) is 0 Å². The third kappa shape index (κ3) is 4.22. The van der Waals surface area contributed by atoms with Crippen molar-refractivity contribution in [2.45, 2.75) is 13.0 Å². The zero-order valence-electron chi connectivity index (χ0n) is 13.8. The van der Waals surface area contributed by atoms with Crippen LogP contribution in [0.25, 0.3) is 5.69 Å². The normalized spacial score (nSPS) is 11.8. The molecule has 3 aromatic rings. The molecule has 128 valence electrons. The molecule has 0 aliphatic carbocycles. The van der Waals surface area contributed by atoms with Crippen molar-refractivity contribution in [3.63, 3.8) is 0 Å². The molecule has 0 spiro atoms. The van der Waals surface area contributed by atoms with Crippen molar-refractivity contribution in [2.75, 3.05) is 6.61 Å². The minimum Gasteiger partial charge on any atom is -0.472 e. The van der Waals surface area contributed by atoms with Gasteiger partial charge in [-0.3, -0.25) is 0 Å². The Balaban J connectivity index is 1.98. The number of halogens is 1. The highest BCUT2D eigenvalue weighted by Gasteiger charge is 2.25. The number of para-hydroxylation sites is 2. The molecule has 1 unspecified atom stereocenters. The second-order valence-corrected chi connectivity index (χ2v) is 6.61. The fraction of sp³-hybridized carbons (Fsp3) is 0.150. The Morgan fingerprint density at radius 3 is 2.56 bits per heavy atom. The summed E-state index contributed by atoms with van der Waals surface area (Å²) in [5.74, 6) is 0.224. The summed E-state index contributed by atoms with van der Waals surface area (Å²) >= 11 is 2.22. The Labute approximate surface area is 160 Å². The quantitative estimate of drug-likeness (QED) is 0.404. The van der Waals surface area contributed by atoms with E-state index in [-0.39, 0.29) is 0 Å². The number of ether oxygens (including phenoxy) is 2. The van der Waals surface area contributed by atoms with Crippen LogP contribution in [-0.4, -0.2) is 17.1 Å². The van der Waals surface area contributed by atoms with E-state index in [2.05, 4.69) is 22.6 Å². The maximum Gasteiger partial charge on any atom is 0.352 e. The van der Waals surface area contributed by atoms with Crippen LogP contribution in [0.1, 0.15) is 18.6 Å². The maximum absolute atomic E-state index is 12.5. The fourth-order valence-corrected chi connectivity index (χ4v) is 3.10. The fourth-order valence-electron chi connectivity index (χ4n) is 2.53. The molecule has 0 amide bonds. The molecule has 0 bridgehead atoms. The molecular weight excluding hydrogens is 429 g/mol. The Morgan fingerprint density at radius 1 is 1.08 bits per heavy atom. The lowest BCUT2D eigenvalue weighted by Gasteiger charge is -2.20. The highest BCUT2D eigenvalue weighted by Crippen LogP contribution is 2.29. The minimum atomic E-state index is -0.814. The first kappa shape index (κ1) is 17.5. The van der Waals surface area contributed by atoms with Gasteiger partial charge in [0.15, 0.2) is 0 Å². The predicted octanol–water partition coefficient (Wildman–Crippen LogP) is 4.77. The lowest BCUT2D eigenvalue weighted by atomic mass is 10.1. The summed E-state index contributed by atoms with van der Waals surface area (Å²) in [4.78, 5) is 12.5. The van der Waals surface area contributed by atoms with Crippen LogP contribution >= 0.6 is 22.6 Å². The summed E-state index contributed by atoms with van der Waals surface area (Å²) in [5.41, 5.74) is 1.64. The molecule has 1 atom stereocenters. The molecule has 0 radical (unpaired) electrons. The van der Waals surface area contributed by atoms with E-state index in [1.807, 2.05) is 77.6 Å². The van der Waals surface area contributed by atoms with Gasteiger partial charge in [0, 0.05) is 21.5 Å². The monoisotopic (exact) mass is 447 g/mol. The van der Waals surface area contributed by atoms with Gasteiger partial charge >= 0.3 is 5.97 Å². The van der Waals surface area contributed by atoms with Crippen LogP contribution in [-0.2, 0) is 9.53 Å². The van der Waals surface area contributed by atoms with Crippen molar-refractivity contribution < 1.29 is 14.3 Å². The number of esters is 1. The molecule has 3 rings (SSSR count). The van der Waals surface area contributed by atoms with Crippen LogP contribution < -0.4 is 4.74 Å². The van der Waals surface area contributed by atoms with Crippen molar-refractivity contribution >= 4 is 28.6 Å². The number of benzene rings is 2. The van der Waals surface area contributed by atoms with Crippen LogP contribution in [0.3, 0.4) is 0 Å². The summed E-state index contributed by atoms with van der Waals surface area (Å²) < 4.78 is 14.3. The molecule has 0 aliphatic heterocycles. The molecule has 5 heteroatoms. The molecule has 0 saturated carbocycles. The summed E-state index contributed by atoms with van der Waals surface area (Å²) in [6.07, 6.45) is 3.06. The average Bonchev–Trinajstić information content (AvgIpc) is 3.14. The minimum absolute atomic E-state index is 0.307. The van der Waals surface area contributed by atoms with E-state index in [0.29, 0.717) is 12.4 Å². The number of hydrogen-bond acceptors (Lipinski definition) is 3. The zero-order chi connectivity index (χ0) is 17.6. The van der Waals surface area contributed by atoms with Gasteiger partial charge in [-0.2, -0.15) is 0 Å². The molecule has 1 heterocycles. The van der Waals surface area contributed by atoms with Gasteiger partial charge in [-0.15, -0.1) is 0 Å². The molecule has 2 aromatic carbocycles. The van der Waals surface area contributed by atoms with E-state index in [4.69, 9.17) is 9.47 Å². The smallest absolute Gasteiger partial charge is 0.352 e. The highest BCUT2D eigenvalue weighted by atomic mass is 127. The van der Waals surface area contributed by atoms with Crippen LogP contribution in [0, 0.1) is 3.57 Å². The number of aromatic nitrogens is 1. The molecule has 4 nitrogen and oxygen atoms in total. The summed E-state index contributed by atoms with van der Waals surface area (Å²) in [5, 5.41) is 0. The van der Waals surface area contributed by atoms with Gasteiger partial charge in [0.05, 0.1) is 12.3 Å². The number of carbonyl (C=O) groups excluding carboxylic acids is 1. The molecule has 25 heavy (non-hydrogen) atoms. The number of rotatable bonds is 6. The van der Waals surface area contributed by atoms with Gasteiger partial charge in [-0.1, -0.05) is 24.3 Å². The average molecular weight is 447 g/mol. The highest BCUT2D eigenvalue weighted by molar-refractivity contribution is 14.1. The Bertz CT molecular complexity index is 846. The number of hydrogen-bond donors (Lipinski definition) is 0. The van der Waals surface area contributed by atoms with Gasteiger partial charge in [0.2, 0.25) is 6.10 Å². The Kier molecular flexibility index (Phi) is 5.75. The molecule has 0 fully saturated rings. The SMILES string of the molecule is CCOC(=O)C(Oc1ccccc1-n1cccc1)c1cccc(I)c1. The molecule has 0 saturated heterocycles. The van der Waals surface area contributed by atoms with Gasteiger partial charge < -0.3 is 14.0 Å². The predicted molar refractivity (Wildman–Crippen MR) is 105 cm³/mol. The standard InChI is InChI=1S/C20H18INO3/c1-2-24-20(23)19(15-8-7-9-16(21)14-15)25-18-11-4-3-10-17(18)22-12-5-6-13-22/h3-14,19H,2H2,1H3. The van der Waals surface area contributed by atoms with Gasteiger partial charge in [0.25, 0.3) is 0 Å². The van der Waals surface area contributed by atoms with Gasteiger partial charge in [0.1, 0.15) is 5.75 Å². The van der Waals surface area contributed by atoms with Crippen molar-refractivity contribution in [1.82, 2.24) is 4.57 Å². The zero-order valence-corrected chi connectivity index (χ0v) is 15.9. The van der Waals surface area contributed by atoms with E-state index in [9.17, 15) is 4.79 Å². The second kappa shape index (κ2) is 8.20. The third-order valence-corrected chi connectivity index (χ3v) is 4.32. The largest absolute Gasteiger partial charge is 0.472 e. The van der Waals surface area contributed by atoms with E-state index < -0.39 is 12.1 Å². The first-order valence-corrected chi connectivity index (χ1v) is 9.08. The lowest BCUT2D eigenvalue weighted by molar-refractivity contribution is -0.151. The lowest BCUT2D eigenvalue weighted by Crippen LogP contribution is -2.22. The molecule has 1 aromatic heterocycles. The Hall–Kier alpha value is -2.28. The third-order valence-electron chi connectivity index (χ3n) is 3.64. The number of nitrogens with zero attached hydrogens (tertiary/aromatic N) is 1. The number of carbonyl (C=O) groups is 1. The first-order chi connectivity index (χ1) is 12.2. The molecule has 0 N–H and O–H groups in total. The Morgan fingerprint density at radius 2 is 1.84 bits per heavy atom. The van der Waals surface area contributed by atoms with Crippen molar-refractivity contribution in [3.8, 4) is 11.4 Å². The van der Waals surface area contributed by atoms with E-state index in [1.54, 1.807) is 6.92 Å². The van der Waals surface area contributed by atoms with Crippen molar-refractivity contribution in [1.29, 1.82) is 0 Å². The molecule has 0 aliphatic rings. The molecular formula is C20H18INO3. The van der Waals surface area contributed by atoms with Crippen LogP contribution in [0.5, 0.6) is 5.75 Å². The van der Waals surface area contributed by atoms with E-state index in [0.717, 1.165) is 14.8 Å². The second-order valence-electron chi connectivity index (χ2n) is 5.36. The maximum atomic E-state index is 12.5. The summed E-state index contributed by atoms with van der Waals surface area (Å²) in [6.45, 7) is 2.10. The van der Waals surface area contributed by atoms with E-state index in [1.165, 1.54) is 0 Å². The topological polar surface area (TPSA) is 40.5 Å². The van der Waals surface area contributed by atoms with Crippen LogP contribution in [0.15, 0.2) is 73.1 Å². The van der Waals surface area contributed by atoms with Crippen LogP contribution in [0.4, 0.5) is 0 Å². The first-order valence-electron chi connectivity index (χ1n) is 8.00. The van der Waals surface area contributed by atoms with Gasteiger partial charge in [-0.05, 0) is 65.9 Å². The van der Waals surface area contributed by atoms with Crippen molar-refractivity contribution in [2.24, 2.45) is 0 Å². The summed E-state index contributed by atoms with van der Waals surface area (Å²) in [6, 6.07) is 19.2. The van der Waals surface area contributed by atoms with Crippen molar-refractivity contribution in [3.05, 3.63) is 82.2 Å².